The lowest BCUT2D eigenvalue weighted by molar-refractivity contribution is -0.121. The van der Waals surface area contributed by atoms with Crippen LogP contribution in [0.4, 0.5) is 0 Å². The smallest absolute Gasteiger partial charge is 0.220 e. The molecule has 0 atom stereocenters. The van der Waals surface area contributed by atoms with E-state index < -0.39 is 0 Å². The summed E-state index contributed by atoms with van der Waals surface area (Å²) in [5.41, 5.74) is 7.41. The maximum atomic E-state index is 12.3. The van der Waals surface area contributed by atoms with E-state index in [2.05, 4.69) is 50.4 Å². The van der Waals surface area contributed by atoms with E-state index in [1.54, 1.807) is 0 Å². The van der Waals surface area contributed by atoms with Gasteiger partial charge in [-0.25, -0.2) is 9.67 Å². The van der Waals surface area contributed by atoms with Crippen LogP contribution in [0.1, 0.15) is 67.1 Å². The molecule has 0 bridgehead atoms. The third-order valence-electron chi connectivity index (χ3n) is 5.81. The molecule has 0 unspecified atom stereocenters. The van der Waals surface area contributed by atoms with Crippen LogP contribution in [0.3, 0.4) is 0 Å². The number of amides is 1. The molecule has 30 heavy (non-hydrogen) atoms. The van der Waals surface area contributed by atoms with Gasteiger partial charge in [0.2, 0.25) is 5.91 Å². The van der Waals surface area contributed by atoms with Gasteiger partial charge in [0, 0.05) is 24.0 Å². The Balaban J connectivity index is 1.78. The van der Waals surface area contributed by atoms with E-state index in [1.165, 1.54) is 30.4 Å². The second-order valence-electron chi connectivity index (χ2n) is 8.24. The molecule has 2 aromatic heterocycles. The maximum absolute atomic E-state index is 12.3. The molecule has 0 aliphatic carbocycles. The van der Waals surface area contributed by atoms with E-state index in [-0.39, 0.29) is 5.91 Å². The average molecular weight is 407 g/mol. The predicted octanol–water partition coefficient (Wildman–Crippen LogP) is 5.28. The highest BCUT2D eigenvalue weighted by Crippen LogP contribution is 2.28. The molecule has 0 radical (unpaired) electrons. The molecule has 0 fully saturated rings. The summed E-state index contributed by atoms with van der Waals surface area (Å²) >= 11 is 0. The summed E-state index contributed by atoms with van der Waals surface area (Å²) in [5.74, 6) is 0.123. The number of carbonyl (C=O) groups excluding carboxylic acids is 1. The number of benzene rings is 1. The van der Waals surface area contributed by atoms with Gasteiger partial charge in [-0.05, 0) is 63.8 Å². The molecule has 0 aliphatic rings. The first-order chi connectivity index (χ1) is 14.4. The second kappa shape index (κ2) is 9.88. The first-order valence-corrected chi connectivity index (χ1v) is 11.1. The van der Waals surface area contributed by atoms with Crippen LogP contribution >= 0.6 is 0 Å². The van der Waals surface area contributed by atoms with E-state index in [9.17, 15) is 4.79 Å². The molecule has 2 heterocycles. The number of pyridine rings is 1. The fourth-order valence-electron chi connectivity index (χ4n) is 4.05. The number of nitrogens with zero attached hydrogens (tertiary/aromatic N) is 3. The van der Waals surface area contributed by atoms with Crippen LogP contribution in [-0.2, 0) is 11.2 Å². The van der Waals surface area contributed by atoms with Gasteiger partial charge in [-0.1, -0.05) is 43.9 Å². The summed E-state index contributed by atoms with van der Waals surface area (Å²) in [6.07, 6.45) is 5.88. The van der Waals surface area contributed by atoms with Gasteiger partial charge in [0.15, 0.2) is 5.65 Å². The molecule has 0 saturated heterocycles. The zero-order chi connectivity index (χ0) is 21.7. The van der Waals surface area contributed by atoms with Crippen molar-refractivity contribution < 1.29 is 4.79 Å². The van der Waals surface area contributed by atoms with Crippen molar-refractivity contribution in [1.29, 1.82) is 0 Å². The molecule has 0 saturated carbocycles. The molecule has 1 aromatic carbocycles. The molecular formula is C25H34N4O. The zero-order valence-electron chi connectivity index (χ0n) is 19.0. The molecule has 160 valence electrons. The third kappa shape index (κ3) is 4.89. The third-order valence-corrected chi connectivity index (χ3v) is 5.81. The van der Waals surface area contributed by atoms with Crippen LogP contribution in [0.15, 0.2) is 24.3 Å². The standard InChI is InChI=1S/C25H34N4O/c1-6-7-8-9-16-26-23(30)15-14-22-18(3)24-20(5)28-29(25(24)27-19(22)4)21-12-10-17(2)11-13-21/h10-13H,6-9,14-16H2,1-5H3,(H,26,30). The number of nitrogens with one attached hydrogen (secondary N) is 1. The minimum absolute atomic E-state index is 0.123. The van der Waals surface area contributed by atoms with E-state index in [0.717, 1.165) is 46.6 Å². The molecule has 3 rings (SSSR count). The van der Waals surface area contributed by atoms with Gasteiger partial charge < -0.3 is 5.32 Å². The minimum atomic E-state index is 0.123. The van der Waals surface area contributed by atoms with Crippen molar-refractivity contribution in [3.05, 3.63) is 52.3 Å². The van der Waals surface area contributed by atoms with Crippen molar-refractivity contribution in [2.24, 2.45) is 0 Å². The SMILES string of the molecule is CCCCCCNC(=O)CCc1c(C)nc2c(c(C)nn2-c2ccc(C)cc2)c1C. The Hall–Kier alpha value is -2.69. The van der Waals surface area contributed by atoms with Gasteiger partial charge in [0.25, 0.3) is 0 Å². The Labute approximate surface area is 179 Å². The number of aryl methyl sites for hydroxylation is 4. The number of fused-ring (bicyclic) bond motifs is 1. The Morgan fingerprint density at radius 2 is 1.73 bits per heavy atom. The lowest BCUT2D eigenvalue weighted by atomic mass is 9.99. The number of unbranched alkanes of at least 4 members (excludes halogenated alkanes) is 3. The fourth-order valence-corrected chi connectivity index (χ4v) is 4.05. The Bertz CT molecular complexity index is 1020. The van der Waals surface area contributed by atoms with Crippen LogP contribution in [0.5, 0.6) is 0 Å². The summed E-state index contributed by atoms with van der Waals surface area (Å²) in [6, 6.07) is 8.33. The van der Waals surface area contributed by atoms with E-state index in [1.807, 2.05) is 18.5 Å². The molecule has 0 aliphatic heterocycles. The van der Waals surface area contributed by atoms with Gasteiger partial charge in [-0.3, -0.25) is 4.79 Å². The number of hydrogen-bond donors (Lipinski definition) is 1. The summed E-state index contributed by atoms with van der Waals surface area (Å²) in [7, 11) is 0. The second-order valence-corrected chi connectivity index (χ2v) is 8.24. The van der Waals surface area contributed by atoms with Crippen molar-refractivity contribution >= 4 is 16.9 Å². The van der Waals surface area contributed by atoms with Gasteiger partial charge in [0.1, 0.15) is 0 Å². The minimum Gasteiger partial charge on any atom is -0.356 e. The van der Waals surface area contributed by atoms with Crippen molar-refractivity contribution in [3.8, 4) is 5.69 Å². The Kier molecular flexibility index (Phi) is 7.24. The summed E-state index contributed by atoms with van der Waals surface area (Å²) < 4.78 is 1.93. The number of rotatable bonds is 9. The monoisotopic (exact) mass is 406 g/mol. The normalized spacial score (nSPS) is 11.2. The van der Waals surface area contributed by atoms with Gasteiger partial charge in [0.05, 0.1) is 11.4 Å². The largest absolute Gasteiger partial charge is 0.356 e. The lowest BCUT2D eigenvalue weighted by Gasteiger charge is -2.12. The van der Waals surface area contributed by atoms with E-state index >= 15 is 0 Å². The van der Waals surface area contributed by atoms with Gasteiger partial charge in [-0.2, -0.15) is 5.10 Å². The van der Waals surface area contributed by atoms with Crippen LogP contribution < -0.4 is 5.32 Å². The molecule has 0 spiro atoms. The quantitative estimate of drug-likeness (QED) is 0.492. The Morgan fingerprint density at radius 3 is 2.43 bits per heavy atom. The van der Waals surface area contributed by atoms with E-state index in [0.29, 0.717) is 12.8 Å². The highest BCUT2D eigenvalue weighted by Gasteiger charge is 2.18. The Morgan fingerprint density at radius 1 is 1.00 bits per heavy atom. The first-order valence-electron chi connectivity index (χ1n) is 11.1. The number of hydrogen-bond acceptors (Lipinski definition) is 3. The van der Waals surface area contributed by atoms with Crippen LogP contribution in [0.25, 0.3) is 16.7 Å². The maximum Gasteiger partial charge on any atom is 0.220 e. The summed E-state index contributed by atoms with van der Waals surface area (Å²) in [5, 5.41) is 8.92. The number of carbonyl (C=O) groups is 1. The predicted molar refractivity (Wildman–Crippen MR) is 123 cm³/mol. The summed E-state index contributed by atoms with van der Waals surface area (Å²) in [6.45, 7) is 11.2. The van der Waals surface area contributed by atoms with Crippen molar-refractivity contribution in [3.63, 3.8) is 0 Å². The van der Waals surface area contributed by atoms with E-state index in [4.69, 9.17) is 10.1 Å². The van der Waals surface area contributed by atoms with Gasteiger partial charge in [-0.15, -0.1) is 0 Å². The fraction of sp³-hybridized carbons (Fsp3) is 0.480. The highest BCUT2D eigenvalue weighted by atomic mass is 16.1. The average Bonchev–Trinajstić information content (AvgIpc) is 3.04. The summed E-state index contributed by atoms with van der Waals surface area (Å²) in [4.78, 5) is 17.2. The molecule has 5 heteroatoms. The molecule has 5 nitrogen and oxygen atoms in total. The van der Waals surface area contributed by atoms with Crippen molar-refractivity contribution in [1.82, 2.24) is 20.1 Å². The van der Waals surface area contributed by atoms with Crippen LogP contribution in [0, 0.1) is 27.7 Å². The first kappa shape index (κ1) is 22.0. The van der Waals surface area contributed by atoms with Crippen LogP contribution in [-0.4, -0.2) is 27.2 Å². The molecule has 1 amide bonds. The molecular weight excluding hydrogens is 372 g/mol. The van der Waals surface area contributed by atoms with Gasteiger partial charge >= 0.3 is 0 Å². The van der Waals surface area contributed by atoms with Crippen molar-refractivity contribution in [2.75, 3.05) is 6.54 Å². The van der Waals surface area contributed by atoms with Crippen LogP contribution in [0.2, 0.25) is 0 Å². The van der Waals surface area contributed by atoms with Crippen molar-refractivity contribution in [2.45, 2.75) is 73.1 Å². The lowest BCUT2D eigenvalue weighted by Crippen LogP contribution is -2.24. The molecule has 1 N–H and O–H groups in total. The number of aromatic nitrogens is 3. The zero-order valence-corrected chi connectivity index (χ0v) is 19.0. The topological polar surface area (TPSA) is 59.8 Å². The molecule has 3 aromatic rings. The highest BCUT2D eigenvalue weighted by molar-refractivity contribution is 5.85.